The largest absolute Gasteiger partial charge is 0.506 e. The predicted molar refractivity (Wildman–Crippen MR) is 107 cm³/mol. The molecule has 0 spiro atoms. The van der Waals surface area contributed by atoms with Gasteiger partial charge < -0.3 is 20.4 Å². The number of aromatic hydroxyl groups is 1. The van der Waals surface area contributed by atoms with E-state index in [-0.39, 0.29) is 39.4 Å². The molecule has 28 heavy (non-hydrogen) atoms. The highest BCUT2D eigenvalue weighted by molar-refractivity contribution is 6.36. The Hall–Kier alpha value is -1.54. The number of carbonyl (C=O) groups excluding carboxylic acids is 2. The summed E-state index contributed by atoms with van der Waals surface area (Å²) in [6.45, 7) is 3.00. The van der Waals surface area contributed by atoms with Crippen molar-refractivity contribution in [1.29, 1.82) is 0 Å². The van der Waals surface area contributed by atoms with Crippen molar-refractivity contribution in [3.63, 3.8) is 0 Å². The van der Waals surface area contributed by atoms with Crippen LogP contribution in [0.3, 0.4) is 0 Å². The van der Waals surface area contributed by atoms with Gasteiger partial charge in [-0.1, -0.05) is 23.2 Å². The van der Waals surface area contributed by atoms with Crippen molar-refractivity contribution in [3.8, 4) is 5.75 Å². The number of piperidine rings is 2. The summed E-state index contributed by atoms with van der Waals surface area (Å²) in [5, 5.41) is 22.7. The minimum atomic E-state index is -0.432. The van der Waals surface area contributed by atoms with E-state index >= 15 is 0 Å². The normalized spacial score (nSPS) is 19.6. The first-order valence-electron chi connectivity index (χ1n) is 9.50. The molecule has 1 aromatic rings. The summed E-state index contributed by atoms with van der Waals surface area (Å²) in [7, 11) is 0. The first kappa shape index (κ1) is 21.2. The van der Waals surface area contributed by atoms with Gasteiger partial charge >= 0.3 is 0 Å². The Labute approximate surface area is 174 Å². The molecule has 2 aliphatic heterocycles. The monoisotopic (exact) mass is 429 g/mol. The van der Waals surface area contributed by atoms with Crippen molar-refractivity contribution < 1.29 is 19.8 Å². The zero-order chi connectivity index (χ0) is 20.3. The average molecular weight is 430 g/mol. The van der Waals surface area contributed by atoms with Crippen molar-refractivity contribution >= 4 is 35.0 Å². The molecule has 3 rings (SSSR count). The van der Waals surface area contributed by atoms with E-state index in [1.807, 2.05) is 4.90 Å². The van der Waals surface area contributed by atoms with E-state index in [0.29, 0.717) is 45.3 Å². The lowest BCUT2D eigenvalue weighted by molar-refractivity contribution is -0.134. The number of rotatable bonds is 4. The lowest BCUT2D eigenvalue weighted by Gasteiger charge is -2.35. The first-order chi connectivity index (χ1) is 13.3. The van der Waals surface area contributed by atoms with Crippen LogP contribution in [0.4, 0.5) is 0 Å². The van der Waals surface area contributed by atoms with Gasteiger partial charge in [-0.3, -0.25) is 14.5 Å². The first-order valence-corrected chi connectivity index (χ1v) is 10.3. The third-order valence-corrected chi connectivity index (χ3v) is 5.88. The van der Waals surface area contributed by atoms with Crippen LogP contribution in [0, 0.1) is 0 Å². The van der Waals surface area contributed by atoms with Crippen LogP contribution in [0.2, 0.25) is 10.0 Å². The highest BCUT2D eigenvalue weighted by atomic mass is 35.5. The Morgan fingerprint density at radius 1 is 1.07 bits per heavy atom. The lowest BCUT2D eigenvalue weighted by Crippen LogP contribution is -2.50. The van der Waals surface area contributed by atoms with Gasteiger partial charge in [0, 0.05) is 37.2 Å². The van der Waals surface area contributed by atoms with Crippen LogP contribution >= 0.6 is 23.2 Å². The van der Waals surface area contributed by atoms with Gasteiger partial charge in [0.25, 0.3) is 5.91 Å². The Bertz CT molecular complexity index is 730. The van der Waals surface area contributed by atoms with Crippen LogP contribution in [0.5, 0.6) is 5.75 Å². The Morgan fingerprint density at radius 2 is 1.71 bits per heavy atom. The second-order valence-corrected chi connectivity index (χ2v) is 8.26. The summed E-state index contributed by atoms with van der Waals surface area (Å²) in [6.07, 6.45) is 2.46. The predicted octanol–water partition coefficient (Wildman–Crippen LogP) is 1.88. The molecule has 2 amide bonds. The van der Waals surface area contributed by atoms with Crippen molar-refractivity contribution in [2.45, 2.75) is 37.8 Å². The van der Waals surface area contributed by atoms with Crippen LogP contribution in [0.25, 0.3) is 0 Å². The zero-order valence-electron chi connectivity index (χ0n) is 15.5. The second-order valence-electron chi connectivity index (χ2n) is 7.42. The number of carbonyl (C=O) groups is 2. The number of hydrogen-bond donors (Lipinski definition) is 3. The molecular formula is C19H25Cl2N3O4. The molecule has 1 aromatic carbocycles. The van der Waals surface area contributed by atoms with Gasteiger partial charge in [0.05, 0.1) is 23.2 Å². The third-order valence-electron chi connectivity index (χ3n) is 5.37. The molecule has 9 heteroatoms. The molecule has 2 heterocycles. The van der Waals surface area contributed by atoms with Crippen molar-refractivity contribution in [2.24, 2.45) is 0 Å². The molecule has 3 N–H and O–H groups in total. The Balaban J connectivity index is 1.47. The molecule has 154 valence electrons. The van der Waals surface area contributed by atoms with E-state index in [9.17, 15) is 19.8 Å². The molecule has 0 unspecified atom stereocenters. The molecule has 7 nitrogen and oxygen atoms in total. The Kier molecular flexibility index (Phi) is 7.04. The van der Waals surface area contributed by atoms with E-state index in [0.717, 1.165) is 13.1 Å². The molecule has 0 atom stereocenters. The van der Waals surface area contributed by atoms with Crippen molar-refractivity contribution in [3.05, 3.63) is 27.7 Å². The molecule has 0 radical (unpaired) electrons. The van der Waals surface area contributed by atoms with Crippen LogP contribution in [-0.2, 0) is 4.79 Å². The molecule has 2 fully saturated rings. The molecular weight excluding hydrogens is 405 g/mol. The number of amides is 2. The molecule has 0 aromatic heterocycles. The smallest absolute Gasteiger partial charge is 0.255 e. The van der Waals surface area contributed by atoms with E-state index in [4.69, 9.17) is 23.2 Å². The summed E-state index contributed by atoms with van der Waals surface area (Å²) < 4.78 is 0. The van der Waals surface area contributed by atoms with Crippen LogP contribution in [-0.4, -0.2) is 76.7 Å². The van der Waals surface area contributed by atoms with E-state index in [2.05, 4.69) is 10.2 Å². The quantitative estimate of drug-likeness (QED) is 0.679. The van der Waals surface area contributed by atoms with E-state index < -0.39 is 5.91 Å². The topological polar surface area (TPSA) is 93.1 Å². The third kappa shape index (κ3) is 5.29. The molecule has 0 bridgehead atoms. The summed E-state index contributed by atoms with van der Waals surface area (Å²) in [6, 6.07) is 2.67. The Morgan fingerprint density at radius 3 is 2.36 bits per heavy atom. The van der Waals surface area contributed by atoms with Gasteiger partial charge in [0.15, 0.2) is 0 Å². The number of aliphatic hydroxyl groups is 1. The summed E-state index contributed by atoms with van der Waals surface area (Å²) in [4.78, 5) is 28.8. The molecule has 2 saturated heterocycles. The summed E-state index contributed by atoms with van der Waals surface area (Å²) in [5.41, 5.74) is 0.0447. The number of aliphatic hydroxyl groups excluding tert-OH is 1. The minimum absolute atomic E-state index is 0.0308. The standard InChI is InChI=1S/C19H25Cl2N3O4/c20-12-9-15(18(27)16(21)10-12)19(28)22-13-1-7-24(8-2-13)17(26)11-23-5-3-14(25)4-6-23/h9-10,13-14,25,27H,1-8,11H2,(H,22,28). The fourth-order valence-electron chi connectivity index (χ4n) is 3.64. The van der Waals surface area contributed by atoms with E-state index in [1.54, 1.807) is 0 Å². The number of nitrogens with zero attached hydrogens (tertiary/aromatic N) is 2. The highest BCUT2D eigenvalue weighted by Gasteiger charge is 2.27. The zero-order valence-corrected chi connectivity index (χ0v) is 17.0. The van der Waals surface area contributed by atoms with Gasteiger partial charge in [-0.05, 0) is 37.8 Å². The van der Waals surface area contributed by atoms with Crippen LogP contribution < -0.4 is 5.32 Å². The molecule has 2 aliphatic rings. The lowest BCUT2D eigenvalue weighted by atomic mass is 10.0. The maximum Gasteiger partial charge on any atom is 0.255 e. The van der Waals surface area contributed by atoms with Crippen LogP contribution in [0.15, 0.2) is 12.1 Å². The van der Waals surface area contributed by atoms with Crippen molar-refractivity contribution in [2.75, 3.05) is 32.7 Å². The number of phenolic OH excluding ortho intramolecular Hbond substituents is 1. The van der Waals surface area contributed by atoms with Crippen LogP contribution in [0.1, 0.15) is 36.0 Å². The number of benzene rings is 1. The maximum atomic E-state index is 12.5. The fraction of sp³-hybridized carbons (Fsp3) is 0.579. The fourth-order valence-corrected chi connectivity index (χ4v) is 4.14. The minimum Gasteiger partial charge on any atom is -0.506 e. The van der Waals surface area contributed by atoms with Gasteiger partial charge in [0.2, 0.25) is 5.91 Å². The highest BCUT2D eigenvalue weighted by Crippen LogP contribution is 2.31. The second kappa shape index (κ2) is 9.31. The number of nitrogens with one attached hydrogen (secondary N) is 1. The number of hydrogen-bond acceptors (Lipinski definition) is 5. The molecule has 0 saturated carbocycles. The molecule has 0 aliphatic carbocycles. The summed E-state index contributed by atoms with van der Waals surface area (Å²) >= 11 is 11.8. The number of phenols is 1. The van der Waals surface area contributed by atoms with E-state index in [1.165, 1.54) is 12.1 Å². The van der Waals surface area contributed by atoms with Gasteiger partial charge in [-0.25, -0.2) is 0 Å². The van der Waals surface area contributed by atoms with Gasteiger partial charge in [0.1, 0.15) is 5.75 Å². The average Bonchev–Trinajstić information content (AvgIpc) is 2.67. The van der Waals surface area contributed by atoms with Gasteiger partial charge in [-0.15, -0.1) is 0 Å². The SMILES string of the molecule is O=C(NC1CCN(C(=O)CN2CCC(O)CC2)CC1)c1cc(Cl)cc(Cl)c1O. The number of likely N-dealkylation sites (tertiary alicyclic amines) is 2. The number of halogens is 2. The summed E-state index contributed by atoms with van der Waals surface area (Å²) in [5.74, 6) is -0.637. The van der Waals surface area contributed by atoms with Gasteiger partial charge in [-0.2, -0.15) is 0 Å². The maximum absolute atomic E-state index is 12.5. The van der Waals surface area contributed by atoms with Crippen molar-refractivity contribution in [1.82, 2.24) is 15.1 Å².